The Labute approximate surface area is 170 Å². The first-order chi connectivity index (χ1) is 13.0. The van der Waals surface area contributed by atoms with Crippen molar-refractivity contribution in [3.8, 4) is 5.75 Å². The highest BCUT2D eigenvalue weighted by Gasteiger charge is 2.36. The van der Waals surface area contributed by atoms with Gasteiger partial charge in [0.25, 0.3) is 0 Å². The maximum Gasteiger partial charge on any atom is 0.337 e. The van der Waals surface area contributed by atoms with Crippen LogP contribution < -0.4 is 10.1 Å². The van der Waals surface area contributed by atoms with Crippen molar-refractivity contribution < 1.29 is 22.7 Å². The molecule has 152 valence electrons. The number of carbonyl (C=O) groups is 1. The number of rotatable bonds is 5. The molecule has 1 aliphatic heterocycles. The number of aromatic nitrogens is 1. The van der Waals surface area contributed by atoms with Crippen LogP contribution in [0.2, 0.25) is 0 Å². The van der Waals surface area contributed by atoms with E-state index in [0.717, 1.165) is 5.56 Å². The third-order valence-electron chi connectivity index (χ3n) is 4.43. The van der Waals surface area contributed by atoms with Gasteiger partial charge >= 0.3 is 5.97 Å². The van der Waals surface area contributed by atoms with E-state index in [4.69, 9.17) is 9.47 Å². The maximum atomic E-state index is 13.5. The monoisotopic (exact) mass is 427 g/mol. The summed E-state index contributed by atoms with van der Waals surface area (Å²) in [6, 6.07) is 7.43. The number of hydrogen-bond acceptors (Lipinski definition) is 7. The van der Waals surface area contributed by atoms with Crippen LogP contribution in [0.5, 0.6) is 5.75 Å². The van der Waals surface area contributed by atoms with E-state index in [9.17, 15) is 13.2 Å². The highest BCUT2D eigenvalue weighted by Crippen LogP contribution is 2.33. The number of nitrogens with zero attached hydrogens (tertiary/aromatic N) is 2. The molecular formula is C18H22ClN3O5S. The Morgan fingerprint density at radius 1 is 1.29 bits per heavy atom. The van der Waals surface area contributed by atoms with E-state index in [1.54, 1.807) is 18.5 Å². The molecule has 1 aromatic heterocycles. The van der Waals surface area contributed by atoms with E-state index in [0.29, 0.717) is 13.1 Å². The van der Waals surface area contributed by atoms with Crippen molar-refractivity contribution in [3.63, 3.8) is 0 Å². The molecule has 1 N–H and O–H groups in total. The zero-order chi connectivity index (χ0) is 19.4. The van der Waals surface area contributed by atoms with E-state index >= 15 is 0 Å². The molecule has 8 nitrogen and oxygen atoms in total. The summed E-state index contributed by atoms with van der Waals surface area (Å²) in [7, 11) is -1.30. The average Bonchev–Trinajstić information content (AvgIpc) is 2.73. The number of piperazine rings is 1. The van der Waals surface area contributed by atoms with Gasteiger partial charge in [-0.25, -0.2) is 13.2 Å². The molecule has 0 saturated carbocycles. The largest absolute Gasteiger partial charge is 0.495 e. The van der Waals surface area contributed by atoms with Crippen LogP contribution in [0.25, 0.3) is 0 Å². The van der Waals surface area contributed by atoms with Crippen LogP contribution in [0.4, 0.5) is 0 Å². The number of benzene rings is 1. The number of nitrogens with one attached hydrogen (secondary N) is 1. The second kappa shape index (κ2) is 9.33. The fraction of sp³-hybridized carbons (Fsp3) is 0.333. The molecular weight excluding hydrogens is 406 g/mol. The molecule has 1 saturated heterocycles. The number of ether oxygens (including phenoxy) is 2. The normalized spacial score (nSPS) is 17.4. The molecule has 0 aliphatic carbocycles. The highest BCUT2D eigenvalue weighted by molar-refractivity contribution is 7.89. The third kappa shape index (κ3) is 4.27. The van der Waals surface area contributed by atoms with Crippen LogP contribution in [0.1, 0.15) is 22.0 Å². The van der Waals surface area contributed by atoms with Crippen LogP contribution in [-0.2, 0) is 14.8 Å². The lowest BCUT2D eigenvalue weighted by Gasteiger charge is -2.35. The highest BCUT2D eigenvalue weighted by atomic mass is 35.5. The molecule has 0 radical (unpaired) electrons. The van der Waals surface area contributed by atoms with Crippen molar-refractivity contribution in [2.75, 3.05) is 33.9 Å². The van der Waals surface area contributed by atoms with Crippen LogP contribution in [0, 0.1) is 0 Å². The predicted octanol–water partition coefficient (Wildman–Crippen LogP) is 1.63. The standard InChI is InChI=1S/C18H21N3O5S.ClH/c1-25-16-6-5-13(18(22)26-2)10-17(16)27(23,24)21-9-8-20-12-15(21)14-4-3-7-19-11-14;/h3-7,10-11,15,20H,8-9,12H2,1-2H3;1H. The maximum absolute atomic E-state index is 13.5. The Kier molecular flexibility index (Phi) is 7.36. The van der Waals surface area contributed by atoms with Crippen molar-refractivity contribution >= 4 is 28.4 Å². The van der Waals surface area contributed by atoms with Gasteiger partial charge in [0.1, 0.15) is 10.6 Å². The Hall–Kier alpha value is -2.20. The number of hydrogen-bond donors (Lipinski definition) is 1. The number of pyridine rings is 1. The van der Waals surface area contributed by atoms with E-state index in [1.807, 2.05) is 6.07 Å². The van der Waals surface area contributed by atoms with Gasteiger partial charge in [-0.05, 0) is 29.8 Å². The van der Waals surface area contributed by atoms with Crippen molar-refractivity contribution in [1.82, 2.24) is 14.6 Å². The van der Waals surface area contributed by atoms with Crippen LogP contribution in [-0.4, -0.2) is 57.5 Å². The summed E-state index contributed by atoms with van der Waals surface area (Å²) in [5, 5.41) is 3.21. The van der Waals surface area contributed by atoms with Crippen molar-refractivity contribution in [1.29, 1.82) is 0 Å². The van der Waals surface area contributed by atoms with Gasteiger partial charge in [-0.15, -0.1) is 12.4 Å². The van der Waals surface area contributed by atoms with Crippen molar-refractivity contribution in [3.05, 3.63) is 53.9 Å². The zero-order valence-electron chi connectivity index (χ0n) is 15.5. The zero-order valence-corrected chi connectivity index (χ0v) is 17.1. The molecule has 0 amide bonds. The van der Waals surface area contributed by atoms with E-state index in [2.05, 4.69) is 10.3 Å². The van der Waals surface area contributed by atoms with Gasteiger partial charge in [0.15, 0.2) is 0 Å². The molecule has 1 fully saturated rings. The molecule has 0 bridgehead atoms. The predicted molar refractivity (Wildman–Crippen MR) is 105 cm³/mol. The second-order valence-electron chi connectivity index (χ2n) is 5.98. The van der Waals surface area contributed by atoms with Crippen molar-refractivity contribution in [2.24, 2.45) is 0 Å². The van der Waals surface area contributed by atoms with Gasteiger partial charge in [0, 0.05) is 32.0 Å². The Bertz CT molecular complexity index is 924. The first-order valence-corrected chi connectivity index (χ1v) is 9.82. The molecule has 3 rings (SSSR count). The molecule has 1 unspecified atom stereocenters. The number of halogens is 1. The SMILES string of the molecule is COC(=O)c1ccc(OC)c(S(=O)(=O)N2CCNCC2c2cccnc2)c1.Cl. The number of carbonyl (C=O) groups excluding carboxylic acids is 1. The van der Waals surface area contributed by atoms with E-state index in [-0.39, 0.29) is 35.2 Å². The summed E-state index contributed by atoms with van der Waals surface area (Å²) in [5.74, 6) is -0.440. The van der Waals surface area contributed by atoms with Crippen LogP contribution in [0.3, 0.4) is 0 Å². The molecule has 1 atom stereocenters. The minimum absolute atomic E-state index is 0. The molecule has 28 heavy (non-hydrogen) atoms. The smallest absolute Gasteiger partial charge is 0.337 e. The molecule has 1 aromatic carbocycles. The summed E-state index contributed by atoms with van der Waals surface area (Å²) in [4.78, 5) is 15.9. The topological polar surface area (TPSA) is 97.8 Å². The minimum Gasteiger partial charge on any atom is -0.495 e. The number of esters is 1. The molecule has 2 aromatic rings. The lowest BCUT2D eigenvalue weighted by Crippen LogP contribution is -2.48. The average molecular weight is 428 g/mol. The van der Waals surface area contributed by atoms with Gasteiger partial charge in [-0.3, -0.25) is 4.98 Å². The third-order valence-corrected chi connectivity index (χ3v) is 6.36. The number of sulfonamides is 1. The van der Waals surface area contributed by atoms with Gasteiger partial charge in [0.05, 0.1) is 25.8 Å². The summed E-state index contributed by atoms with van der Waals surface area (Å²) >= 11 is 0. The van der Waals surface area contributed by atoms with Crippen LogP contribution in [0.15, 0.2) is 47.6 Å². The van der Waals surface area contributed by atoms with Crippen molar-refractivity contribution in [2.45, 2.75) is 10.9 Å². The lowest BCUT2D eigenvalue weighted by molar-refractivity contribution is 0.0600. The Balaban J connectivity index is 0.00000280. The lowest BCUT2D eigenvalue weighted by atomic mass is 10.1. The fourth-order valence-corrected chi connectivity index (χ4v) is 4.88. The minimum atomic E-state index is -3.93. The second-order valence-corrected chi connectivity index (χ2v) is 7.84. The van der Waals surface area contributed by atoms with Gasteiger partial charge < -0.3 is 14.8 Å². The van der Waals surface area contributed by atoms with E-state index < -0.39 is 22.0 Å². The molecule has 0 spiro atoms. The van der Waals surface area contributed by atoms with Crippen LogP contribution >= 0.6 is 12.4 Å². The van der Waals surface area contributed by atoms with Gasteiger partial charge in [0.2, 0.25) is 10.0 Å². The van der Waals surface area contributed by atoms with Gasteiger partial charge in [-0.2, -0.15) is 4.31 Å². The molecule has 10 heteroatoms. The Morgan fingerprint density at radius 2 is 2.07 bits per heavy atom. The first kappa shape index (κ1) is 22.1. The summed E-state index contributed by atoms with van der Waals surface area (Å²) in [5.41, 5.74) is 0.932. The molecule has 1 aliphatic rings. The van der Waals surface area contributed by atoms with E-state index in [1.165, 1.54) is 36.7 Å². The first-order valence-electron chi connectivity index (χ1n) is 8.38. The summed E-state index contributed by atoms with van der Waals surface area (Å²) < 4.78 is 38.3. The summed E-state index contributed by atoms with van der Waals surface area (Å²) in [6.45, 7) is 1.27. The molecule has 2 heterocycles. The fourth-order valence-electron chi connectivity index (χ4n) is 3.08. The quantitative estimate of drug-likeness (QED) is 0.724. The van der Waals surface area contributed by atoms with Gasteiger partial charge in [-0.1, -0.05) is 6.07 Å². The summed E-state index contributed by atoms with van der Waals surface area (Å²) in [6.07, 6.45) is 3.30. The Morgan fingerprint density at radius 3 is 2.71 bits per heavy atom. The number of methoxy groups -OCH3 is 2.